The molecular formula is C18H25N3O3. The minimum absolute atomic E-state index is 0.107. The fourth-order valence-corrected chi connectivity index (χ4v) is 5.10. The molecule has 0 unspecified atom stereocenters. The molecule has 6 nitrogen and oxygen atoms in total. The second kappa shape index (κ2) is 5.90. The fraction of sp³-hybridized carbons (Fsp3) is 0.722. The zero-order valence-electron chi connectivity index (χ0n) is 14.4. The smallest absolute Gasteiger partial charge is 0.311 e. The molecule has 24 heavy (non-hydrogen) atoms. The molecule has 1 aliphatic heterocycles. The molecular weight excluding hydrogens is 306 g/mol. The van der Waals surface area contributed by atoms with Gasteiger partial charge in [-0.05, 0) is 57.3 Å². The van der Waals surface area contributed by atoms with Gasteiger partial charge < -0.3 is 14.6 Å². The molecule has 1 aromatic heterocycles. The van der Waals surface area contributed by atoms with Crippen LogP contribution in [0, 0.1) is 24.7 Å². The number of carbonyl (C=O) groups is 2. The van der Waals surface area contributed by atoms with E-state index in [1.807, 2.05) is 6.92 Å². The van der Waals surface area contributed by atoms with E-state index in [-0.39, 0.29) is 23.8 Å². The van der Waals surface area contributed by atoms with Crippen LogP contribution in [0.4, 0.5) is 0 Å². The van der Waals surface area contributed by atoms with Gasteiger partial charge in [0.1, 0.15) is 11.5 Å². The Bertz CT molecular complexity index is 681. The van der Waals surface area contributed by atoms with Crippen molar-refractivity contribution in [3.63, 3.8) is 0 Å². The number of amides is 1. The molecule has 0 saturated heterocycles. The molecule has 6 heteroatoms. The average molecular weight is 331 g/mol. The number of carbonyl (C=O) groups excluding carboxylic acids is 2. The van der Waals surface area contributed by atoms with E-state index in [9.17, 15) is 9.59 Å². The molecule has 1 aromatic rings. The highest BCUT2D eigenvalue weighted by Crippen LogP contribution is 2.49. The first-order chi connectivity index (χ1) is 11.6. The number of rotatable bonds is 3. The van der Waals surface area contributed by atoms with Crippen LogP contribution >= 0.6 is 0 Å². The van der Waals surface area contributed by atoms with E-state index in [0.29, 0.717) is 17.5 Å². The van der Waals surface area contributed by atoms with Gasteiger partial charge in [-0.2, -0.15) is 0 Å². The van der Waals surface area contributed by atoms with E-state index < -0.39 is 0 Å². The van der Waals surface area contributed by atoms with E-state index in [4.69, 9.17) is 4.74 Å². The maximum atomic E-state index is 12.9. The van der Waals surface area contributed by atoms with Gasteiger partial charge in [0.25, 0.3) is 5.91 Å². The van der Waals surface area contributed by atoms with Gasteiger partial charge >= 0.3 is 5.97 Å². The predicted octanol–water partition coefficient (Wildman–Crippen LogP) is 1.85. The Kier molecular flexibility index (Phi) is 3.85. The molecule has 130 valence electrons. The van der Waals surface area contributed by atoms with Crippen LogP contribution in [-0.2, 0) is 22.5 Å². The Morgan fingerprint density at radius 1 is 1.25 bits per heavy atom. The van der Waals surface area contributed by atoms with Crippen molar-refractivity contribution in [1.29, 1.82) is 0 Å². The zero-order chi connectivity index (χ0) is 16.8. The van der Waals surface area contributed by atoms with Crippen LogP contribution in [-0.4, -0.2) is 34.6 Å². The quantitative estimate of drug-likeness (QED) is 0.858. The lowest BCUT2D eigenvalue weighted by molar-refractivity contribution is -0.148. The highest BCUT2D eigenvalue weighted by molar-refractivity contribution is 5.94. The Morgan fingerprint density at radius 2 is 2.04 bits per heavy atom. The molecule has 2 saturated carbocycles. The lowest BCUT2D eigenvalue weighted by Crippen LogP contribution is -2.47. The predicted molar refractivity (Wildman–Crippen MR) is 87.5 cm³/mol. The molecule has 1 N–H and O–H groups in total. The Balaban J connectivity index is 1.57. The summed E-state index contributed by atoms with van der Waals surface area (Å²) >= 11 is 0. The number of fused-ring (bicyclic) bond motifs is 3. The van der Waals surface area contributed by atoms with Crippen LogP contribution in [0.3, 0.4) is 0 Å². The lowest BCUT2D eigenvalue weighted by atomic mass is 9.84. The summed E-state index contributed by atoms with van der Waals surface area (Å²) in [7, 11) is 1.43. The van der Waals surface area contributed by atoms with Crippen molar-refractivity contribution in [1.82, 2.24) is 14.9 Å². The van der Waals surface area contributed by atoms with Gasteiger partial charge in [-0.1, -0.05) is 0 Å². The second-order valence-corrected chi connectivity index (χ2v) is 7.44. The zero-order valence-corrected chi connectivity index (χ0v) is 14.4. The highest BCUT2D eigenvalue weighted by atomic mass is 16.5. The number of hydrogen-bond acceptors (Lipinski definition) is 4. The third-order valence-corrected chi connectivity index (χ3v) is 6.21. The summed E-state index contributed by atoms with van der Waals surface area (Å²) in [6.07, 6.45) is 6.32. The minimum Gasteiger partial charge on any atom is -0.469 e. The number of imidazole rings is 1. The summed E-state index contributed by atoms with van der Waals surface area (Å²) in [4.78, 5) is 29.6. The normalized spacial score (nSPS) is 30.9. The molecule has 2 aliphatic carbocycles. The van der Waals surface area contributed by atoms with E-state index in [1.165, 1.54) is 7.11 Å². The third kappa shape index (κ3) is 2.34. The number of methoxy groups -OCH3 is 1. The molecule has 0 spiro atoms. The van der Waals surface area contributed by atoms with Gasteiger partial charge in [0, 0.05) is 12.6 Å². The molecule has 0 aromatic carbocycles. The average Bonchev–Trinajstić information content (AvgIpc) is 3.28. The molecule has 4 rings (SSSR count). The van der Waals surface area contributed by atoms with Crippen molar-refractivity contribution in [2.45, 2.75) is 58.0 Å². The Labute approximate surface area is 142 Å². The molecule has 2 bridgehead atoms. The van der Waals surface area contributed by atoms with Crippen molar-refractivity contribution in [3.05, 3.63) is 17.2 Å². The van der Waals surface area contributed by atoms with E-state index in [0.717, 1.165) is 56.6 Å². The summed E-state index contributed by atoms with van der Waals surface area (Å²) in [5.74, 6) is 1.15. The molecule has 2 fully saturated rings. The molecule has 1 amide bonds. The van der Waals surface area contributed by atoms with Crippen molar-refractivity contribution >= 4 is 11.9 Å². The fourth-order valence-electron chi connectivity index (χ4n) is 5.10. The highest BCUT2D eigenvalue weighted by Gasteiger charge is 2.52. The molecule has 0 radical (unpaired) electrons. The topological polar surface area (TPSA) is 73.2 Å². The first kappa shape index (κ1) is 15.7. The number of esters is 1. The molecule has 3 aliphatic rings. The number of aryl methyl sites for hydroxylation is 1. The van der Waals surface area contributed by atoms with Crippen LogP contribution in [0.1, 0.15) is 54.1 Å². The molecule has 4 atom stereocenters. The van der Waals surface area contributed by atoms with Crippen LogP contribution in [0.25, 0.3) is 0 Å². The molecule has 2 heterocycles. The maximum absolute atomic E-state index is 12.9. The number of ether oxygens (including phenoxy) is 1. The maximum Gasteiger partial charge on any atom is 0.311 e. The lowest BCUT2D eigenvalue weighted by Gasteiger charge is -2.29. The van der Waals surface area contributed by atoms with Crippen molar-refractivity contribution < 1.29 is 14.3 Å². The van der Waals surface area contributed by atoms with Crippen molar-refractivity contribution in [2.75, 3.05) is 7.11 Å². The number of nitrogens with one attached hydrogen (secondary N) is 1. The number of hydrogen-bond donors (Lipinski definition) is 1. The summed E-state index contributed by atoms with van der Waals surface area (Å²) in [5.41, 5.74) is 1.60. The van der Waals surface area contributed by atoms with E-state index in [2.05, 4.69) is 14.9 Å². The largest absolute Gasteiger partial charge is 0.469 e. The van der Waals surface area contributed by atoms with Crippen LogP contribution in [0.15, 0.2) is 0 Å². The standard InChI is InChI=1S/C18H25N3O3/c1-10-19-16(13-5-3-4-8-21(10)13)17(22)20-15-12-7-6-11(9-12)14(15)18(23)24-2/h11-12,14-15H,3-9H2,1-2H3,(H,20,22)/t11-,12-,14+,15-/m0/s1. The first-order valence-electron chi connectivity index (χ1n) is 9.05. The van der Waals surface area contributed by atoms with Gasteiger partial charge in [-0.15, -0.1) is 0 Å². The first-order valence-corrected chi connectivity index (χ1v) is 9.05. The third-order valence-electron chi connectivity index (χ3n) is 6.21. The van der Waals surface area contributed by atoms with Gasteiger partial charge in [0.05, 0.1) is 18.7 Å². The van der Waals surface area contributed by atoms with Crippen molar-refractivity contribution in [3.8, 4) is 0 Å². The van der Waals surface area contributed by atoms with Crippen LogP contribution in [0.2, 0.25) is 0 Å². The van der Waals surface area contributed by atoms with E-state index in [1.54, 1.807) is 0 Å². The monoisotopic (exact) mass is 331 g/mol. The summed E-state index contributed by atoms with van der Waals surface area (Å²) in [6, 6.07) is -0.107. The number of aromatic nitrogens is 2. The van der Waals surface area contributed by atoms with Gasteiger partial charge in [0.2, 0.25) is 0 Å². The Hall–Kier alpha value is -1.85. The van der Waals surface area contributed by atoms with Crippen molar-refractivity contribution in [2.24, 2.45) is 17.8 Å². The van der Waals surface area contributed by atoms with Gasteiger partial charge in [0.15, 0.2) is 0 Å². The summed E-state index contributed by atoms with van der Waals surface area (Å²) in [6.45, 7) is 2.90. The number of nitrogens with zero attached hydrogens (tertiary/aromatic N) is 2. The van der Waals surface area contributed by atoms with E-state index >= 15 is 0 Å². The van der Waals surface area contributed by atoms with Crippen LogP contribution < -0.4 is 5.32 Å². The van der Waals surface area contributed by atoms with Crippen LogP contribution in [0.5, 0.6) is 0 Å². The summed E-state index contributed by atoms with van der Waals surface area (Å²) < 4.78 is 7.15. The minimum atomic E-state index is -0.197. The summed E-state index contributed by atoms with van der Waals surface area (Å²) in [5, 5.41) is 3.14. The van der Waals surface area contributed by atoms with Gasteiger partial charge in [-0.3, -0.25) is 9.59 Å². The Morgan fingerprint density at radius 3 is 2.83 bits per heavy atom. The van der Waals surface area contributed by atoms with Gasteiger partial charge in [-0.25, -0.2) is 4.98 Å². The SMILES string of the molecule is COC(=O)[C@@H]1[C@H]2CC[C@@H](C2)[C@@H]1NC(=O)c1nc(C)n2c1CCCC2. The second-order valence-electron chi connectivity index (χ2n) is 7.44.